The molecule has 0 saturated heterocycles. The van der Waals surface area contributed by atoms with Gasteiger partial charge in [-0.05, 0) is 103 Å². The monoisotopic (exact) mass is 484 g/mol. The lowest BCUT2D eigenvalue weighted by atomic mass is 9.79. The molecule has 186 valence electrons. The molecule has 3 nitrogen and oxygen atoms in total. The first-order chi connectivity index (χ1) is 17.5. The average Bonchev–Trinajstić information content (AvgIpc) is 3.81. The van der Waals surface area contributed by atoms with Crippen molar-refractivity contribution in [2.75, 3.05) is 6.61 Å². The maximum atomic E-state index is 15.4. The van der Waals surface area contributed by atoms with Crippen molar-refractivity contribution in [2.24, 2.45) is 11.8 Å². The number of hydrogen-bond acceptors (Lipinski definition) is 3. The van der Waals surface area contributed by atoms with Crippen molar-refractivity contribution in [3.63, 3.8) is 0 Å². The summed E-state index contributed by atoms with van der Waals surface area (Å²) in [7, 11) is 0. The summed E-state index contributed by atoms with van der Waals surface area (Å²) in [6.45, 7) is 4.21. The number of Topliss-reactive ketones (excluding diaryl/α,β-unsaturated/α-hetero) is 1. The van der Waals surface area contributed by atoms with Gasteiger partial charge in [-0.15, -0.1) is 0 Å². The molecule has 2 fully saturated rings. The molecule has 0 amide bonds. The molecule has 36 heavy (non-hydrogen) atoms. The van der Waals surface area contributed by atoms with Crippen LogP contribution < -0.4 is 9.47 Å². The number of ketones is 1. The first-order valence-corrected chi connectivity index (χ1v) is 13.3. The quantitative estimate of drug-likeness (QED) is 0.333. The van der Waals surface area contributed by atoms with E-state index in [0.29, 0.717) is 24.2 Å². The van der Waals surface area contributed by atoms with E-state index >= 15 is 4.39 Å². The molecule has 3 aromatic carbocycles. The summed E-state index contributed by atoms with van der Waals surface area (Å²) >= 11 is 0. The number of carbonyl (C=O) groups is 1. The van der Waals surface area contributed by atoms with E-state index in [9.17, 15) is 4.79 Å². The van der Waals surface area contributed by atoms with Crippen LogP contribution in [0, 0.1) is 17.7 Å². The van der Waals surface area contributed by atoms with Gasteiger partial charge in [0.2, 0.25) is 0 Å². The van der Waals surface area contributed by atoms with Gasteiger partial charge in [-0.25, -0.2) is 4.39 Å². The van der Waals surface area contributed by atoms with Crippen LogP contribution >= 0.6 is 0 Å². The summed E-state index contributed by atoms with van der Waals surface area (Å²) in [5.74, 6) is 2.57. The van der Waals surface area contributed by atoms with Gasteiger partial charge in [-0.3, -0.25) is 4.79 Å². The fourth-order valence-corrected chi connectivity index (χ4v) is 5.66. The average molecular weight is 485 g/mol. The second-order valence-electron chi connectivity index (χ2n) is 10.9. The maximum absolute atomic E-state index is 15.4. The summed E-state index contributed by atoms with van der Waals surface area (Å²) in [6.07, 6.45) is 5.66. The Labute approximate surface area is 212 Å². The zero-order valence-corrected chi connectivity index (χ0v) is 21.0. The van der Waals surface area contributed by atoms with Gasteiger partial charge in [-0.1, -0.05) is 43.3 Å². The second kappa shape index (κ2) is 9.38. The van der Waals surface area contributed by atoms with Crippen LogP contribution in [0.3, 0.4) is 0 Å². The highest BCUT2D eigenvalue weighted by atomic mass is 19.1. The van der Waals surface area contributed by atoms with Crippen LogP contribution in [0.25, 0.3) is 11.1 Å². The molecule has 1 unspecified atom stereocenters. The Bertz CT molecular complexity index is 1290. The Balaban J connectivity index is 1.23. The predicted molar refractivity (Wildman–Crippen MR) is 139 cm³/mol. The molecule has 1 aliphatic heterocycles. The topological polar surface area (TPSA) is 35.5 Å². The van der Waals surface area contributed by atoms with Crippen LogP contribution in [-0.2, 0) is 11.2 Å². The third-order valence-corrected chi connectivity index (χ3v) is 8.12. The molecule has 4 heteroatoms. The molecule has 0 spiro atoms. The van der Waals surface area contributed by atoms with Gasteiger partial charge in [0.05, 0.1) is 12.7 Å². The van der Waals surface area contributed by atoms with E-state index < -0.39 is 0 Å². The molecule has 0 bridgehead atoms. The number of hydrogen-bond donors (Lipinski definition) is 0. The van der Waals surface area contributed by atoms with Crippen molar-refractivity contribution in [1.82, 2.24) is 0 Å². The molecule has 3 aliphatic rings. The van der Waals surface area contributed by atoms with Gasteiger partial charge < -0.3 is 9.47 Å². The minimum atomic E-state index is -0.199. The van der Waals surface area contributed by atoms with Crippen LogP contribution in [0.1, 0.15) is 68.1 Å². The lowest BCUT2D eigenvalue weighted by molar-refractivity contribution is -0.121. The normalized spacial score (nSPS) is 20.7. The minimum absolute atomic E-state index is 0.00835. The van der Waals surface area contributed by atoms with E-state index in [1.54, 1.807) is 13.0 Å². The molecule has 0 aromatic heterocycles. The molecule has 0 radical (unpaired) electrons. The number of benzene rings is 3. The maximum Gasteiger partial charge on any atom is 0.133 e. The first-order valence-electron chi connectivity index (χ1n) is 13.3. The number of rotatable bonds is 8. The number of carbonyl (C=O) groups excluding carboxylic acids is 1. The number of halogens is 1. The van der Waals surface area contributed by atoms with E-state index in [4.69, 9.17) is 9.47 Å². The van der Waals surface area contributed by atoms with Crippen LogP contribution in [0.4, 0.5) is 4.39 Å². The highest BCUT2D eigenvalue weighted by molar-refractivity contribution is 5.79. The summed E-state index contributed by atoms with van der Waals surface area (Å²) < 4.78 is 27.4. The molecule has 2 saturated carbocycles. The van der Waals surface area contributed by atoms with Gasteiger partial charge >= 0.3 is 0 Å². The Kier molecular flexibility index (Phi) is 6.07. The summed E-state index contributed by atoms with van der Waals surface area (Å²) in [5, 5.41) is 0. The van der Waals surface area contributed by atoms with Crippen LogP contribution in [-0.4, -0.2) is 18.5 Å². The second-order valence-corrected chi connectivity index (χ2v) is 10.9. The molecule has 1 heterocycles. The third-order valence-electron chi connectivity index (χ3n) is 8.12. The molecular weight excluding hydrogens is 451 g/mol. The molecule has 0 N–H and O–H groups in total. The third kappa shape index (κ3) is 4.78. The standard InChI is InChI=1S/C32H33FO3/c1-19(20(2)34)32(21-6-7-21)24-9-13-31-25(14-24)15-26(18-35-31)29-12-8-23(17-30(29)33)22-4-3-5-28(16-22)36-27-10-11-27/h3-5,8-9,12-14,16-17,19,21,26-27,32H,6-7,10-11,15,18H2,1-2H3/t19-,26?,32+/m1/s1. The van der Waals surface area contributed by atoms with E-state index in [1.807, 2.05) is 42.5 Å². The van der Waals surface area contributed by atoms with E-state index in [1.165, 1.54) is 18.4 Å². The van der Waals surface area contributed by atoms with Crippen molar-refractivity contribution in [2.45, 2.75) is 63.9 Å². The van der Waals surface area contributed by atoms with Crippen molar-refractivity contribution in [3.8, 4) is 22.6 Å². The molecule has 2 aliphatic carbocycles. The molecule has 3 atom stereocenters. The van der Waals surface area contributed by atoms with Gasteiger partial charge in [0.25, 0.3) is 0 Å². The van der Waals surface area contributed by atoms with Crippen molar-refractivity contribution >= 4 is 5.78 Å². The summed E-state index contributed by atoms with van der Waals surface area (Å²) in [5.41, 5.74) is 4.82. The Morgan fingerprint density at radius 3 is 2.53 bits per heavy atom. The van der Waals surface area contributed by atoms with Crippen LogP contribution in [0.2, 0.25) is 0 Å². The minimum Gasteiger partial charge on any atom is -0.493 e. The highest BCUT2D eigenvalue weighted by Crippen LogP contribution is 2.48. The predicted octanol–water partition coefficient (Wildman–Crippen LogP) is 7.47. The smallest absolute Gasteiger partial charge is 0.133 e. The van der Waals surface area contributed by atoms with Crippen LogP contribution in [0.5, 0.6) is 11.5 Å². The van der Waals surface area contributed by atoms with Crippen LogP contribution in [0.15, 0.2) is 60.7 Å². The fourth-order valence-electron chi connectivity index (χ4n) is 5.66. The van der Waals surface area contributed by atoms with E-state index in [2.05, 4.69) is 19.1 Å². The number of ether oxygens (including phenoxy) is 2. The van der Waals surface area contributed by atoms with Gasteiger partial charge in [-0.2, -0.15) is 0 Å². The van der Waals surface area contributed by atoms with Crippen molar-refractivity contribution in [3.05, 3.63) is 83.2 Å². The zero-order chi connectivity index (χ0) is 24.8. The first kappa shape index (κ1) is 23.3. The summed E-state index contributed by atoms with van der Waals surface area (Å²) in [6, 6.07) is 19.8. The van der Waals surface area contributed by atoms with Gasteiger partial charge in [0, 0.05) is 11.8 Å². The molecule has 6 rings (SSSR count). The lowest BCUT2D eigenvalue weighted by Gasteiger charge is -2.29. The van der Waals surface area contributed by atoms with Crippen molar-refractivity contribution in [1.29, 1.82) is 0 Å². The summed E-state index contributed by atoms with van der Waals surface area (Å²) in [4.78, 5) is 12.2. The van der Waals surface area contributed by atoms with E-state index in [0.717, 1.165) is 47.5 Å². The lowest BCUT2D eigenvalue weighted by Crippen LogP contribution is -2.22. The SMILES string of the molecule is CC(=O)[C@@H](C)[C@H](c1ccc2c(c1)CC(c1ccc(-c3cccc(OC4CC4)c3)cc1F)CO2)C1CC1. The highest BCUT2D eigenvalue weighted by Gasteiger charge is 2.38. The molecular formula is C32H33FO3. The Hall–Kier alpha value is -3.14. The number of fused-ring (bicyclic) bond motifs is 1. The van der Waals surface area contributed by atoms with Crippen molar-refractivity contribution < 1.29 is 18.7 Å². The van der Waals surface area contributed by atoms with E-state index in [-0.39, 0.29) is 29.4 Å². The Morgan fingerprint density at radius 2 is 1.81 bits per heavy atom. The van der Waals surface area contributed by atoms with Gasteiger partial charge in [0.1, 0.15) is 23.1 Å². The Morgan fingerprint density at radius 1 is 1.00 bits per heavy atom. The fraction of sp³-hybridized carbons (Fsp3) is 0.406. The molecule has 3 aromatic rings. The zero-order valence-electron chi connectivity index (χ0n) is 21.0. The largest absolute Gasteiger partial charge is 0.493 e. The van der Waals surface area contributed by atoms with Gasteiger partial charge in [0.15, 0.2) is 0 Å².